The molecule has 1 nitrogen and oxygen atoms in total. The van der Waals surface area contributed by atoms with Crippen molar-refractivity contribution in [1.29, 1.82) is 0 Å². The van der Waals surface area contributed by atoms with Crippen LogP contribution in [0.2, 0.25) is 0 Å². The van der Waals surface area contributed by atoms with Crippen LogP contribution >= 0.6 is 0 Å². The average Bonchev–Trinajstić information content (AvgIpc) is 1.80. The summed E-state index contributed by atoms with van der Waals surface area (Å²) >= 11 is 0. The molecule has 0 aromatic heterocycles. The maximum atomic E-state index is 4.28. The quantitative estimate of drug-likeness (QED) is 0.540. The first-order chi connectivity index (χ1) is 4.84. The minimum absolute atomic E-state index is 0.103. The summed E-state index contributed by atoms with van der Waals surface area (Å²) in [6.45, 7) is 14.5. The largest absolute Gasteiger partial charge is 0.265 e. The number of hydrogen-bond acceptors (Lipinski definition) is 1. The highest BCUT2D eigenvalue weighted by atomic mass is 14.7. The van der Waals surface area contributed by atoms with Gasteiger partial charge < -0.3 is 0 Å². The third kappa shape index (κ3) is 4.77. The molecule has 0 aromatic rings. The van der Waals surface area contributed by atoms with Crippen molar-refractivity contribution in [3.05, 3.63) is 12.3 Å². The van der Waals surface area contributed by atoms with E-state index in [9.17, 15) is 0 Å². The zero-order valence-electron chi connectivity index (χ0n) is 8.31. The van der Waals surface area contributed by atoms with Crippen LogP contribution in [0, 0.1) is 11.3 Å². The van der Waals surface area contributed by atoms with Crippen LogP contribution in [0.4, 0.5) is 0 Å². The van der Waals surface area contributed by atoms with Gasteiger partial charge in [0.1, 0.15) is 0 Å². The van der Waals surface area contributed by atoms with Gasteiger partial charge in [-0.2, -0.15) is 0 Å². The molecule has 0 unspecified atom stereocenters. The Bertz CT molecular complexity index is 158. The molecule has 11 heavy (non-hydrogen) atoms. The van der Waals surface area contributed by atoms with Gasteiger partial charge in [-0.1, -0.05) is 41.2 Å². The van der Waals surface area contributed by atoms with Crippen molar-refractivity contribution in [2.45, 2.75) is 34.6 Å². The van der Waals surface area contributed by atoms with Crippen molar-refractivity contribution >= 4 is 6.21 Å². The van der Waals surface area contributed by atoms with Gasteiger partial charge in [0.15, 0.2) is 0 Å². The van der Waals surface area contributed by atoms with Gasteiger partial charge in [0.05, 0.1) is 0 Å². The maximum absolute atomic E-state index is 4.28. The van der Waals surface area contributed by atoms with Crippen molar-refractivity contribution in [3.8, 4) is 0 Å². The Morgan fingerprint density at radius 1 is 1.36 bits per heavy atom. The topological polar surface area (TPSA) is 12.4 Å². The summed E-state index contributed by atoms with van der Waals surface area (Å²) in [6, 6.07) is 0. The van der Waals surface area contributed by atoms with E-state index in [1.54, 1.807) is 0 Å². The molecule has 0 radical (unpaired) electrons. The van der Waals surface area contributed by atoms with Crippen LogP contribution in [0.25, 0.3) is 0 Å². The summed E-state index contributed by atoms with van der Waals surface area (Å²) < 4.78 is 0. The Kier molecular flexibility index (Phi) is 3.50. The number of hydrogen-bond donors (Lipinski definition) is 0. The summed E-state index contributed by atoms with van der Waals surface area (Å²) in [5.74, 6) is 0.508. The van der Waals surface area contributed by atoms with E-state index in [0.717, 1.165) is 5.70 Å². The van der Waals surface area contributed by atoms with Gasteiger partial charge >= 0.3 is 0 Å². The normalized spacial score (nSPS) is 12.9. The molecule has 64 valence electrons. The molecule has 0 saturated heterocycles. The molecule has 0 rings (SSSR count). The van der Waals surface area contributed by atoms with E-state index in [0.29, 0.717) is 5.92 Å². The first-order valence-electron chi connectivity index (χ1n) is 4.07. The van der Waals surface area contributed by atoms with E-state index in [4.69, 9.17) is 0 Å². The van der Waals surface area contributed by atoms with Crippen molar-refractivity contribution in [3.63, 3.8) is 0 Å². The molecule has 0 atom stereocenters. The van der Waals surface area contributed by atoms with Crippen molar-refractivity contribution in [2.24, 2.45) is 16.3 Å². The van der Waals surface area contributed by atoms with Crippen LogP contribution in [0.15, 0.2) is 17.3 Å². The Hall–Kier alpha value is -0.590. The molecule has 0 N–H and O–H groups in total. The Labute approximate surface area is 70.2 Å². The molecule has 0 saturated carbocycles. The Morgan fingerprint density at radius 2 is 1.82 bits per heavy atom. The molecule has 0 spiro atoms. The second-order valence-electron chi connectivity index (χ2n) is 4.22. The Balaban J connectivity index is 4.09. The van der Waals surface area contributed by atoms with Crippen LogP contribution in [0.5, 0.6) is 0 Å². The fourth-order valence-electron chi connectivity index (χ4n) is 0.433. The molecule has 0 aliphatic rings. The van der Waals surface area contributed by atoms with Gasteiger partial charge in [-0.3, -0.25) is 4.99 Å². The molecule has 1 heteroatoms. The van der Waals surface area contributed by atoms with Gasteiger partial charge in [-0.05, 0) is 5.92 Å². The lowest BCUT2D eigenvalue weighted by atomic mass is 9.93. The van der Waals surface area contributed by atoms with E-state index < -0.39 is 0 Å². The highest BCUT2D eigenvalue weighted by molar-refractivity contribution is 5.61. The van der Waals surface area contributed by atoms with Crippen molar-refractivity contribution < 1.29 is 0 Å². The average molecular weight is 153 g/mol. The molecular weight excluding hydrogens is 134 g/mol. The second kappa shape index (κ2) is 3.70. The minimum Gasteiger partial charge on any atom is -0.265 e. The highest BCUT2D eigenvalue weighted by Crippen LogP contribution is 2.23. The van der Waals surface area contributed by atoms with Crippen LogP contribution in [-0.2, 0) is 0 Å². The summed E-state index contributed by atoms with van der Waals surface area (Å²) in [4.78, 5) is 4.28. The van der Waals surface area contributed by atoms with Gasteiger partial charge in [0, 0.05) is 17.3 Å². The van der Waals surface area contributed by atoms with Gasteiger partial charge in [-0.15, -0.1) is 0 Å². The van der Waals surface area contributed by atoms with Gasteiger partial charge in [0.2, 0.25) is 0 Å². The number of aliphatic imine (C=N–C) groups is 1. The molecular formula is C10H19N. The first-order valence-corrected chi connectivity index (χ1v) is 4.07. The number of allylic oxidation sites excluding steroid dienone is 1. The fraction of sp³-hybridized carbons (Fsp3) is 0.700. The van der Waals surface area contributed by atoms with Crippen molar-refractivity contribution in [2.75, 3.05) is 0 Å². The standard InChI is InChI=1S/C10H19N/c1-8(2)7-11-9(3)10(4,5)6/h7-8H,3H2,1-2,4-6H3. The lowest BCUT2D eigenvalue weighted by Crippen LogP contribution is -2.06. The minimum atomic E-state index is 0.103. The predicted molar refractivity (Wildman–Crippen MR) is 51.9 cm³/mol. The zero-order chi connectivity index (χ0) is 9.07. The van der Waals surface area contributed by atoms with Crippen LogP contribution < -0.4 is 0 Å². The fourth-order valence-corrected chi connectivity index (χ4v) is 0.433. The summed E-state index contributed by atoms with van der Waals surface area (Å²) in [6.07, 6.45) is 1.94. The summed E-state index contributed by atoms with van der Waals surface area (Å²) in [5, 5.41) is 0. The summed E-state index contributed by atoms with van der Waals surface area (Å²) in [5.41, 5.74) is 1.05. The number of rotatable bonds is 2. The van der Waals surface area contributed by atoms with Crippen LogP contribution in [-0.4, -0.2) is 6.21 Å². The van der Waals surface area contributed by atoms with E-state index in [-0.39, 0.29) is 5.41 Å². The zero-order valence-corrected chi connectivity index (χ0v) is 8.31. The van der Waals surface area contributed by atoms with E-state index in [1.807, 2.05) is 6.21 Å². The van der Waals surface area contributed by atoms with Gasteiger partial charge in [0.25, 0.3) is 0 Å². The third-order valence-corrected chi connectivity index (χ3v) is 1.39. The smallest absolute Gasteiger partial charge is 0.0381 e. The van der Waals surface area contributed by atoms with E-state index in [1.165, 1.54) is 0 Å². The molecule has 0 aromatic carbocycles. The van der Waals surface area contributed by atoms with E-state index >= 15 is 0 Å². The molecule has 0 aliphatic carbocycles. The SMILES string of the molecule is C=C(N=CC(C)C)C(C)(C)C. The third-order valence-electron chi connectivity index (χ3n) is 1.39. The lowest BCUT2D eigenvalue weighted by Gasteiger charge is -2.17. The lowest BCUT2D eigenvalue weighted by molar-refractivity contribution is 0.500. The van der Waals surface area contributed by atoms with Crippen LogP contribution in [0.3, 0.4) is 0 Å². The monoisotopic (exact) mass is 153 g/mol. The van der Waals surface area contributed by atoms with E-state index in [2.05, 4.69) is 46.2 Å². The van der Waals surface area contributed by atoms with Crippen molar-refractivity contribution in [1.82, 2.24) is 0 Å². The first kappa shape index (κ1) is 10.4. The predicted octanol–water partition coefficient (Wildman–Crippen LogP) is 3.27. The number of nitrogens with zero attached hydrogens (tertiary/aromatic N) is 1. The molecule has 0 amide bonds. The van der Waals surface area contributed by atoms with Crippen LogP contribution in [0.1, 0.15) is 34.6 Å². The molecule has 0 fully saturated rings. The molecule has 0 heterocycles. The van der Waals surface area contributed by atoms with Gasteiger partial charge in [-0.25, -0.2) is 0 Å². The second-order valence-corrected chi connectivity index (χ2v) is 4.22. The summed E-state index contributed by atoms with van der Waals surface area (Å²) in [7, 11) is 0. The molecule has 0 bridgehead atoms. The Morgan fingerprint density at radius 3 is 2.09 bits per heavy atom. The highest BCUT2D eigenvalue weighted by Gasteiger charge is 2.12. The molecule has 0 aliphatic heterocycles. The maximum Gasteiger partial charge on any atom is 0.0381 e.